The Labute approximate surface area is 157 Å². The van der Waals surface area contributed by atoms with Crippen LogP contribution in [0.25, 0.3) is 6.08 Å². The number of amides is 4. The number of benzene rings is 1. The highest BCUT2D eigenvalue weighted by Gasteiger charge is 2.48. The third-order valence-corrected chi connectivity index (χ3v) is 4.85. The second kappa shape index (κ2) is 7.69. The lowest BCUT2D eigenvalue weighted by Crippen LogP contribution is -2.55. The van der Waals surface area contributed by atoms with Crippen LogP contribution in [0.3, 0.4) is 0 Å². The molecule has 0 atom stereocenters. The van der Waals surface area contributed by atoms with Gasteiger partial charge in [-0.25, -0.2) is 4.79 Å². The van der Waals surface area contributed by atoms with Gasteiger partial charge in [-0.05, 0) is 43.5 Å². The lowest BCUT2D eigenvalue weighted by atomic mass is 9.87. The molecule has 3 rings (SSSR count). The lowest BCUT2D eigenvalue weighted by Gasteiger charge is -2.36. The Balaban J connectivity index is 1.61. The summed E-state index contributed by atoms with van der Waals surface area (Å²) in [4.78, 5) is 37.4. The van der Waals surface area contributed by atoms with E-state index in [1.165, 1.54) is 6.08 Å². The zero-order chi connectivity index (χ0) is 19.4. The van der Waals surface area contributed by atoms with Crippen LogP contribution in [0.2, 0.25) is 0 Å². The molecule has 4 amide bonds. The summed E-state index contributed by atoms with van der Waals surface area (Å²) in [5, 5.41) is 4.95. The Hall–Kier alpha value is -3.03. The van der Waals surface area contributed by atoms with Crippen molar-refractivity contribution in [2.45, 2.75) is 25.3 Å². The summed E-state index contributed by atoms with van der Waals surface area (Å²) < 4.78 is 10.8. The van der Waals surface area contributed by atoms with E-state index < -0.39 is 11.6 Å². The van der Waals surface area contributed by atoms with Crippen molar-refractivity contribution in [3.63, 3.8) is 0 Å². The summed E-state index contributed by atoms with van der Waals surface area (Å²) >= 11 is 0. The number of imide groups is 1. The Bertz CT molecular complexity index is 782. The van der Waals surface area contributed by atoms with E-state index in [0.29, 0.717) is 44.0 Å². The number of piperidine rings is 1. The highest BCUT2D eigenvalue weighted by Crippen LogP contribution is 2.29. The van der Waals surface area contributed by atoms with Gasteiger partial charge in [0.25, 0.3) is 5.91 Å². The standard InChI is InChI=1S/C19H23N3O5/c1-3-27-14-6-4-13(12-15(14)26-2)5-7-16(23)22-10-8-19(9-11-22)17(24)20-18(25)21-19/h4-7,12H,3,8-11H2,1-2H3,(H2,20,21,24,25)/b7-5+. The van der Waals surface area contributed by atoms with E-state index in [-0.39, 0.29) is 11.8 Å². The molecule has 2 fully saturated rings. The maximum absolute atomic E-state index is 12.4. The fourth-order valence-corrected chi connectivity index (χ4v) is 3.32. The first-order chi connectivity index (χ1) is 13.0. The summed E-state index contributed by atoms with van der Waals surface area (Å²) in [6, 6.07) is 4.99. The first-order valence-electron chi connectivity index (χ1n) is 8.89. The van der Waals surface area contributed by atoms with Gasteiger partial charge >= 0.3 is 6.03 Å². The number of urea groups is 1. The van der Waals surface area contributed by atoms with Crippen molar-refractivity contribution >= 4 is 23.9 Å². The molecule has 27 heavy (non-hydrogen) atoms. The molecule has 1 aromatic carbocycles. The Morgan fingerprint density at radius 1 is 1.26 bits per heavy atom. The van der Waals surface area contributed by atoms with Crippen molar-refractivity contribution in [2.75, 3.05) is 26.8 Å². The topological polar surface area (TPSA) is 97.0 Å². The number of hydrogen-bond acceptors (Lipinski definition) is 5. The van der Waals surface area contributed by atoms with Gasteiger partial charge in [0.1, 0.15) is 5.54 Å². The first kappa shape index (κ1) is 18.8. The largest absolute Gasteiger partial charge is 0.493 e. The quantitative estimate of drug-likeness (QED) is 0.599. The zero-order valence-electron chi connectivity index (χ0n) is 15.4. The molecule has 1 spiro atoms. The third kappa shape index (κ3) is 3.89. The number of rotatable bonds is 5. The van der Waals surface area contributed by atoms with Crippen LogP contribution in [0.1, 0.15) is 25.3 Å². The van der Waals surface area contributed by atoms with Crippen LogP contribution in [0.4, 0.5) is 4.79 Å². The number of methoxy groups -OCH3 is 1. The van der Waals surface area contributed by atoms with Gasteiger partial charge in [-0.3, -0.25) is 14.9 Å². The van der Waals surface area contributed by atoms with E-state index in [1.807, 2.05) is 13.0 Å². The molecule has 1 aromatic rings. The van der Waals surface area contributed by atoms with E-state index in [1.54, 1.807) is 30.2 Å². The van der Waals surface area contributed by atoms with Gasteiger partial charge in [-0.1, -0.05) is 6.07 Å². The van der Waals surface area contributed by atoms with E-state index in [2.05, 4.69) is 10.6 Å². The number of ether oxygens (including phenoxy) is 2. The molecule has 2 N–H and O–H groups in total. The molecule has 0 radical (unpaired) electrons. The number of nitrogens with one attached hydrogen (secondary N) is 2. The van der Waals surface area contributed by atoms with E-state index in [9.17, 15) is 14.4 Å². The second-order valence-corrected chi connectivity index (χ2v) is 6.49. The van der Waals surface area contributed by atoms with Crippen molar-refractivity contribution in [1.29, 1.82) is 0 Å². The maximum atomic E-state index is 12.4. The van der Waals surface area contributed by atoms with Crippen LogP contribution in [0.5, 0.6) is 11.5 Å². The normalized spacial score (nSPS) is 18.5. The molecule has 2 aliphatic heterocycles. The molecule has 2 aliphatic rings. The average Bonchev–Trinajstić information content (AvgIpc) is 2.94. The summed E-state index contributed by atoms with van der Waals surface area (Å²) in [7, 11) is 1.57. The number of carbonyl (C=O) groups excluding carboxylic acids is 3. The van der Waals surface area contributed by atoms with E-state index in [4.69, 9.17) is 9.47 Å². The minimum Gasteiger partial charge on any atom is -0.493 e. The van der Waals surface area contributed by atoms with Crippen molar-refractivity contribution < 1.29 is 23.9 Å². The van der Waals surface area contributed by atoms with Crippen LogP contribution < -0.4 is 20.1 Å². The van der Waals surface area contributed by atoms with Gasteiger partial charge in [0.05, 0.1) is 13.7 Å². The smallest absolute Gasteiger partial charge is 0.322 e. The van der Waals surface area contributed by atoms with Crippen molar-refractivity contribution in [2.24, 2.45) is 0 Å². The predicted molar refractivity (Wildman–Crippen MR) is 98.4 cm³/mol. The fourth-order valence-electron chi connectivity index (χ4n) is 3.32. The molecule has 0 saturated carbocycles. The molecule has 0 aromatic heterocycles. The van der Waals surface area contributed by atoms with Crippen molar-refractivity contribution in [3.8, 4) is 11.5 Å². The van der Waals surface area contributed by atoms with Crippen LogP contribution in [-0.2, 0) is 9.59 Å². The molecule has 2 saturated heterocycles. The summed E-state index contributed by atoms with van der Waals surface area (Å²) in [6.45, 7) is 3.25. The third-order valence-electron chi connectivity index (χ3n) is 4.85. The summed E-state index contributed by atoms with van der Waals surface area (Å²) in [5.41, 5.74) is -0.0559. The van der Waals surface area contributed by atoms with Crippen LogP contribution >= 0.6 is 0 Å². The highest BCUT2D eigenvalue weighted by atomic mass is 16.5. The minimum absolute atomic E-state index is 0.137. The van der Waals surface area contributed by atoms with Crippen molar-refractivity contribution in [1.82, 2.24) is 15.5 Å². The molecule has 0 bridgehead atoms. The zero-order valence-corrected chi connectivity index (χ0v) is 15.4. The van der Waals surface area contributed by atoms with Gasteiger partial charge < -0.3 is 19.7 Å². The highest BCUT2D eigenvalue weighted by molar-refractivity contribution is 6.07. The average molecular weight is 373 g/mol. The van der Waals surface area contributed by atoms with Crippen molar-refractivity contribution in [3.05, 3.63) is 29.8 Å². The first-order valence-corrected chi connectivity index (χ1v) is 8.89. The molecule has 0 aliphatic carbocycles. The van der Waals surface area contributed by atoms with Gasteiger partial charge in [-0.15, -0.1) is 0 Å². The lowest BCUT2D eigenvalue weighted by molar-refractivity contribution is -0.132. The van der Waals surface area contributed by atoms with Gasteiger partial charge in [0.15, 0.2) is 11.5 Å². The summed E-state index contributed by atoms with van der Waals surface area (Å²) in [5.74, 6) is 0.815. The summed E-state index contributed by atoms with van der Waals surface area (Å²) in [6.07, 6.45) is 4.03. The fraction of sp³-hybridized carbons (Fsp3) is 0.421. The maximum Gasteiger partial charge on any atom is 0.322 e. The number of hydrogen-bond donors (Lipinski definition) is 2. The van der Waals surface area contributed by atoms with Gasteiger partial charge in [-0.2, -0.15) is 0 Å². The molecule has 2 heterocycles. The van der Waals surface area contributed by atoms with Crippen LogP contribution in [0, 0.1) is 0 Å². The molecule has 0 unspecified atom stereocenters. The molecule has 8 nitrogen and oxygen atoms in total. The Kier molecular flexibility index (Phi) is 5.34. The number of likely N-dealkylation sites (tertiary alicyclic amines) is 1. The monoisotopic (exact) mass is 373 g/mol. The van der Waals surface area contributed by atoms with E-state index in [0.717, 1.165) is 5.56 Å². The predicted octanol–water partition coefficient (Wildman–Crippen LogP) is 1.31. The van der Waals surface area contributed by atoms with Gasteiger partial charge in [0.2, 0.25) is 5.91 Å². The number of carbonyl (C=O) groups is 3. The van der Waals surface area contributed by atoms with Crippen LogP contribution in [0.15, 0.2) is 24.3 Å². The molecule has 8 heteroatoms. The Morgan fingerprint density at radius 3 is 2.59 bits per heavy atom. The minimum atomic E-state index is -0.875. The second-order valence-electron chi connectivity index (χ2n) is 6.49. The number of nitrogens with zero attached hydrogens (tertiary/aromatic N) is 1. The van der Waals surface area contributed by atoms with Crippen LogP contribution in [-0.4, -0.2) is 55.1 Å². The SMILES string of the molecule is CCOc1ccc(/C=C/C(=O)N2CCC3(CC2)NC(=O)NC3=O)cc1OC. The molecular weight excluding hydrogens is 350 g/mol. The molecular formula is C19H23N3O5. The van der Waals surface area contributed by atoms with Gasteiger partial charge in [0, 0.05) is 19.2 Å². The molecule has 144 valence electrons. The Morgan fingerprint density at radius 2 is 2.00 bits per heavy atom. The van der Waals surface area contributed by atoms with E-state index >= 15 is 0 Å².